The van der Waals surface area contributed by atoms with Crippen molar-refractivity contribution in [3.63, 3.8) is 0 Å². The molecular formula is C11H19NS2. The summed E-state index contributed by atoms with van der Waals surface area (Å²) in [5.41, 5.74) is 0. The minimum Gasteiger partial charge on any atom is -0.315 e. The summed E-state index contributed by atoms with van der Waals surface area (Å²) in [5.74, 6) is 3.98. The monoisotopic (exact) mass is 229 g/mol. The fourth-order valence-corrected chi connectivity index (χ4v) is 4.73. The summed E-state index contributed by atoms with van der Waals surface area (Å²) >= 11 is 4.16. The molecule has 3 heteroatoms. The third-order valence-electron chi connectivity index (χ3n) is 2.73. The number of hydrogen-bond acceptors (Lipinski definition) is 3. The van der Waals surface area contributed by atoms with Crippen LogP contribution >= 0.6 is 23.5 Å². The Hall–Kier alpha value is 0.220. The first kappa shape index (κ1) is 12.3. The van der Waals surface area contributed by atoms with Crippen molar-refractivity contribution in [3.8, 4) is 12.3 Å². The van der Waals surface area contributed by atoms with Crippen molar-refractivity contribution in [2.75, 3.05) is 12.8 Å². The van der Waals surface area contributed by atoms with E-state index < -0.39 is 0 Å². The normalized spacial score (nSPS) is 34.9. The van der Waals surface area contributed by atoms with E-state index in [2.05, 4.69) is 48.6 Å². The minimum atomic E-state index is 0.479. The fraction of sp³-hybridized carbons (Fsp3) is 0.818. The second-order valence-corrected chi connectivity index (χ2v) is 6.75. The Kier molecular flexibility index (Phi) is 5.22. The first-order valence-electron chi connectivity index (χ1n) is 5.06. The van der Waals surface area contributed by atoms with E-state index >= 15 is 0 Å². The SMILES string of the molecule is C#CCC(NC)C1CSC(C)C(C)S1. The van der Waals surface area contributed by atoms with Crippen LogP contribution in [0.5, 0.6) is 0 Å². The van der Waals surface area contributed by atoms with Crippen LogP contribution in [-0.2, 0) is 0 Å². The third-order valence-corrected chi connectivity index (χ3v) is 6.28. The van der Waals surface area contributed by atoms with E-state index in [1.807, 2.05) is 7.05 Å². The van der Waals surface area contributed by atoms with E-state index in [4.69, 9.17) is 6.42 Å². The van der Waals surface area contributed by atoms with E-state index in [0.29, 0.717) is 11.3 Å². The lowest BCUT2D eigenvalue weighted by molar-refractivity contribution is 0.570. The van der Waals surface area contributed by atoms with Crippen LogP contribution in [0.1, 0.15) is 20.3 Å². The summed E-state index contributed by atoms with van der Waals surface area (Å²) in [4.78, 5) is 0. The average Bonchev–Trinajstić information content (AvgIpc) is 2.19. The first-order valence-corrected chi connectivity index (χ1v) is 7.06. The van der Waals surface area contributed by atoms with Crippen molar-refractivity contribution < 1.29 is 0 Å². The van der Waals surface area contributed by atoms with Gasteiger partial charge in [0.15, 0.2) is 0 Å². The standard InChI is InChI=1S/C11H19NS2/c1-5-6-10(12-4)11-7-13-8(2)9(3)14-11/h1,8-12H,6-7H2,2-4H3. The molecule has 0 bridgehead atoms. The number of thioether (sulfide) groups is 2. The quantitative estimate of drug-likeness (QED) is 0.745. The van der Waals surface area contributed by atoms with Crippen LogP contribution in [-0.4, -0.2) is 34.6 Å². The van der Waals surface area contributed by atoms with Gasteiger partial charge < -0.3 is 5.32 Å². The molecule has 1 nitrogen and oxygen atoms in total. The maximum Gasteiger partial charge on any atom is 0.0304 e. The van der Waals surface area contributed by atoms with Crippen molar-refractivity contribution in [1.29, 1.82) is 0 Å². The summed E-state index contributed by atoms with van der Waals surface area (Å²) in [6.45, 7) is 4.63. The molecule has 1 saturated heterocycles. The van der Waals surface area contributed by atoms with Crippen LogP contribution in [0.2, 0.25) is 0 Å². The lowest BCUT2D eigenvalue weighted by atomic mass is 10.1. The molecule has 1 fully saturated rings. The summed E-state index contributed by atoms with van der Waals surface area (Å²) < 4.78 is 0. The topological polar surface area (TPSA) is 12.0 Å². The van der Waals surface area contributed by atoms with Gasteiger partial charge in [-0.15, -0.1) is 12.3 Å². The van der Waals surface area contributed by atoms with Crippen LogP contribution in [0, 0.1) is 12.3 Å². The maximum atomic E-state index is 5.37. The molecular weight excluding hydrogens is 210 g/mol. The predicted molar refractivity (Wildman–Crippen MR) is 69.1 cm³/mol. The van der Waals surface area contributed by atoms with E-state index in [-0.39, 0.29) is 0 Å². The zero-order valence-electron chi connectivity index (χ0n) is 9.12. The fourth-order valence-electron chi connectivity index (χ4n) is 1.57. The van der Waals surface area contributed by atoms with Crippen molar-refractivity contribution in [2.45, 2.75) is 42.1 Å². The summed E-state index contributed by atoms with van der Waals surface area (Å²) in [6, 6.07) is 0.479. The van der Waals surface area contributed by atoms with Gasteiger partial charge in [-0.25, -0.2) is 0 Å². The van der Waals surface area contributed by atoms with Gasteiger partial charge in [-0.1, -0.05) is 13.8 Å². The van der Waals surface area contributed by atoms with Crippen molar-refractivity contribution in [3.05, 3.63) is 0 Å². The zero-order chi connectivity index (χ0) is 10.6. The predicted octanol–water partition coefficient (Wildman–Crippen LogP) is 2.22. The van der Waals surface area contributed by atoms with Gasteiger partial charge in [0.25, 0.3) is 0 Å². The Morgan fingerprint density at radius 3 is 2.71 bits per heavy atom. The Morgan fingerprint density at radius 1 is 1.50 bits per heavy atom. The number of terminal acetylenes is 1. The highest BCUT2D eigenvalue weighted by molar-refractivity contribution is 8.07. The Bertz CT molecular complexity index is 212. The molecule has 0 spiro atoms. The van der Waals surface area contributed by atoms with Gasteiger partial charge >= 0.3 is 0 Å². The highest BCUT2D eigenvalue weighted by atomic mass is 32.2. The molecule has 1 N–H and O–H groups in total. The van der Waals surface area contributed by atoms with Crippen LogP contribution in [0.25, 0.3) is 0 Å². The Morgan fingerprint density at radius 2 is 2.21 bits per heavy atom. The highest BCUT2D eigenvalue weighted by Gasteiger charge is 2.29. The molecule has 4 atom stereocenters. The zero-order valence-corrected chi connectivity index (χ0v) is 10.8. The minimum absolute atomic E-state index is 0.479. The number of nitrogens with one attached hydrogen (secondary N) is 1. The van der Waals surface area contributed by atoms with Crippen molar-refractivity contribution >= 4 is 23.5 Å². The molecule has 0 saturated carbocycles. The van der Waals surface area contributed by atoms with Crippen LogP contribution < -0.4 is 5.32 Å². The molecule has 0 aliphatic carbocycles. The van der Waals surface area contributed by atoms with Gasteiger partial charge in [0.05, 0.1) is 0 Å². The van der Waals surface area contributed by atoms with Gasteiger partial charge in [-0.05, 0) is 7.05 Å². The molecule has 1 aliphatic rings. The summed E-state index contributed by atoms with van der Waals surface area (Å²) in [7, 11) is 2.01. The summed E-state index contributed by atoms with van der Waals surface area (Å²) in [6.07, 6.45) is 6.21. The molecule has 1 rings (SSSR count). The van der Waals surface area contributed by atoms with Crippen molar-refractivity contribution in [1.82, 2.24) is 5.32 Å². The number of rotatable bonds is 3. The van der Waals surface area contributed by atoms with Gasteiger partial charge in [0, 0.05) is 34.0 Å². The second-order valence-electron chi connectivity index (χ2n) is 3.72. The first-order chi connectivity index (χ1) is 6.69. The van der Waals surface area contributed by atoms with E-state index in [0.717, 1.165) is 16.9 Å². The molecule has 1 aliphatic heterocycles. The molecule has 1 heterocycles. The lowest BCUT2D eigenvalue weighted by Crippen LogP contribution is -2.41. The molecule has 0 amide bonds. The van der Waals surface area contributed by atoms with E-state index in [1.54, 1.807) is 0 Å². The largest absolute Gasteiger partial charge is 0.315 e. The average molecular weight is 229 g/mol. The maximum absolute atomic E-state index is 5.37. The van der Waals surface area contributed by atoms with Crippen LogP contribution in [0.15, 0.2) is 0 Å². The second kappa shape index (κ2) is 5.95. The molecule has 0 radical (unpaired) electrons. The van der Waals surface area contributed by atoms with Gasteiger partial charge in [-0.3, -0.25) is 0 Å². The number of hydrogen-bond donors (Lipinski definition) is 1. The lowest BCUT2D eigenvalue weighted by Gasteiger charge is -2.35. The van der Waals surface area contributed by atoms with Gasteiger partial charge in [0.2, 0.25) is 0 Å². The molecule has 80 valence electrons. The molecule has 4 unspecified atom stereocenters. The van der Waals surface area contributed by atoms with Crippen LogP contribution in [0.4, 0.5) is 0 Å². The highest BCUT2D eigenvalue weighted by Crippen LogP contribution is 2.37. The van der Waals surface area contributed by atoms with Gasteiger partial charge in [0.1, 0.15) is 0 Å². The molecule has 0 aromatic rings. The van der Waals surface area contributed by atoms with Crippen molar-refractivity contribution in [2.24, 2.45) is 0 Å². The Balaban J connectivity index is 2.48. The summed E-state index contributed by atoms with van der Waals surface area (Å²) in [5, 5.41) is 5.53. The molecule has 0 aromatic carbocycles. The van der Waals surface area contributed by atoms with E-state index in [1.165, 1.54) is 5.75 Å². The Labute approximate surface area is 96.2 Å². The van der Waals surface area contributed by atoms with Crippen LogP contribution in [0.3, 0.4) is 0 Å². The van der Waals surface area contributed by atoms with Gasteiger partial charge in [-0.2, -0.15) is 23.5 Å². The molecule has 14 heavy (non-hydrogen) atoms. The smallest absolute Gasteiger partial charge is 0.0304 e. The van der Waals surface area contributed by atoms with E-state index in [9.17, 15) is 0 Å². The molecule has 0 aromatic heterocycles. The third kappa shape index (κ3) is 3.12.